The Morgan fingerprint density at radius 1 is 0.860 bits per heavy atom. The van der Waals surface area contributed by atoms with Crippen LogP contribution in [0.15, 0.2) is 78.9 Å². The van der Waals surface area contributed by atoms with Gasteiger partial charge >= 0.3 is 0 Å². The summed E-state index contributed by atoms with van der Waals surface area (Å²) >= 11 is 0. The van der Waals surface area contributed by atoms with Crippen LogP contribution in [-0.4, -0.2) is 62.9 Å². The lowest BCUT2D eigenvalue weighted by Gasteiger charge is -2.45. The fourth-order valence-electron chi connectivity index (χ4n) is 8.39. The molecule has 4 heterocycles. The minimum atomic E-state index is -0.511. The van der Waals surface area contributed by atoms with Crippen LogP contribution in [0.25, 0.3) is 11.0 Å². The first-order chi connectivity index (χ1) is 20.9. The third-order valence-electron chi connectivity index (χ3n) is 10.6. The van der Waals surface area contributed by atoms with E-state index in [-0.39, 0.29) is 11.3 Å². The van der Waals surface area contributed by atoms with Crippen molar-refractivity contribution in [3.63, 3.8) is 0 Å². The van der Waals surface area contributed by atoms with Crippen molar-refractivity contribution in [3.8, 4) is 0 Å². The highest BCUT2D eigenvalue weighted by Gasteiger charge is 2.44. The van der Waals surface area contributed by atoms with Gasteiger partial charge in [-0.2, -0.15) is 0 Å². The Balaban J connectivity index is 1.06. The van der Waals surface area contributed by atoms with Crippen LogP contribution < -0.4 is 5.73 Å². The summed E-state index contributed by atoms with van der Waals surface area (Å²) in [6.45, 7) is 4.66. The van der Waals surface area contributed by atoms with Gasteiger partial charge in [-0.3, -0.25) is 14.5 Å². The molecule has 0 saturated carbocycles. The number of nitrogens with two attached hydrogens (primary N) is 1. The maximum absolute atomic E-state index is 13.4. The highest BCUT2D eigenvalue weighted by atomic mass is 16.2. The predicted molar refractivity (Wildman–Crippen MR) is 169 cm³/mol. The van der Waals surface area contributed by atoms with E-state index < -0.39 is 5.91 Å². The van der Waals surface area contributed by atoms with Crippen molar-refractivity contribution in [1.29, 1.82) is 0 Å². The van der Waals surface area contributed by atoms with Crippen molar-refractivity contribution in [2.75, 3.05) is 19.6 Å². The number of carbonyl (C=O) groups excluding carboxylic acids is 2. The molecule has 0 spiro atoms. The van der Waals surface area contributed by atoms with Crippen LogP contribution in [0.5, 0.6) is 0 Å². The molecule has 3 aromatic carbocycles. The lowest BCUT2D eigenvalue weighted by atomic mass is 9.70. The first kappa shape index (κ1) is 27.8. The van der Waals surface area contributed by atoms with Gasteiger partial charge in [0.2, 0.25) is 5.91 Å². The number of piperidine rings is 2. The van der Waals surface area contributed by atoms with Crippen molar-refractivity contribution in [2.24, 2.45) is 5.73 Å². The molecule has 3 aliphatic heterocycles. The molecule has 3 saturated heterocycles. The van der Waals surface area contributed by atoms with Crippen LogP contribution in [0.1, 0.15) is 83.1 Å². The molecule has 3 aliphatic rings. The van der Waals surface area contributed by atoms with Gasteiger partial charge in [-0.05, 0) is 99.7 Å². The third-order valence-corrected chi connectivity index (χ3v) is 10.6. The molecule has 222 valence electrons. The summed E-state index contributed by atoms with van der Waals surface area (Å²) in [6.07, 6.45) is 7.89. The first-order valence-corrected chi connectivity index (χ1v) is 15.9. The van der Waals surface area contributed by atoms with Gasteiger partial charge in [0.05, 0.1) is 11.0 Å². The highest BCUT2D eigenvalue weighted by molar-refractivity contribution is 5.99. The summed E-state index contributed by atoms with van der Waals surface area (Å²) in [5.41, 5.74) is 10.2. The average molecular weight is 576 g/mol. The zero-order valence-corrected chi connectivity index (χ0v) is 25.0. The molecule has 1 aromatic heterocycles. The molecule has 3 fully saturated rings. The number of aryl methyl sites for hydroxylation is 1. The fourth-order valence-corrected chi connectivity index (χ4v) is 8.39. The number of fused-ring (bicyclic) bond motifs is 3. The van der Waals surface area contributed by atoms with Crippen LogP contribution in [-0.2, 0) is 5.41 Å². The number of primary amides is 1. The van der Waals surface area contributed by atoms with Crippen LogP contribution in [0.2, 0.25) is 0 Å². The van der Waals surface area contributed by atoms with Gasteiger partial charge in [0.15, 0.2) is 0 Å². The van der Waals surface area contributed by atoms with E-state index in [1.165, 1.54) is 36.8 Å². The van der Waals surface area contributed by atoms with Gasteiger partial charge in [-0.1, -0.05) is 48.5 Å². The zero-order chi connectivity index (χ0) is 29.6. The molecule has 7 nitrogen and oxygen atoms in total. The number of likely N-dealkylation sites (tertiary alicyclic amines) is 1. The summed E-state index contributed by atoms with van der Waals surface area (Å²) in [7, 11) is 0. The zero-order valence-electron chi connectivity index (χ0n) is 25.0. The highest BCUT2D eigenvalue weighted by Crippen LogP contribution is 2.45. The molecule has 0 unspecified atom stereocenters. The Bertz CT molecular complexity index is 1620. The second-order valence-electron chi connectivity index (χ2n) is 12.9. The Morgan fingerprint density at radius 2 is 1.53 bits per heavy atom. The quantitative estimate of drug-likeness (QED) is 0.299. The number of nitrogens with zero attached hydrogens (tertiary/aromatic N) is 4. The fraction of sp³-hybridized carbons (Fsp3) is 0.417. The number of amides is 2. The van der Waals surface area contributed by atoms with E-state index in [0.29, 0.717) is 42.3 Å². The monoisotopic (exact) mass is 575 g/mol. The number of aromatic nitrogens is 2. The molecule has 0 aliphatic carbocycles. The minimum Gasteiger partial charge on any atom is -0.366 e. The number of benzene rings is 3. The molecule has 0 radical (unpaired) electrons. The molecule has 7 rings (SSSR count). The predicted octanol–water partition coefficient (Wildman–Crippen LogP) is 5.88. The summed E-state index contributed by atoms with van der Waals surface area (Å²) in [5, 5.41) is 0. The van der Waals surface area contributed by atoms with E-state index in [0.717, 1.165) is 37.1 Å². The molecule has 2 amide bonds. The molecule has 4 aromatic rings. The lowest BCUT2D eigenvalue weighted by molar-refractivity contribution is 0.0607. The molecule has 43 heavy (non-hydrogen) atoms. The summed E-state index contributed by atoms with van der Waals surface area (Å²) in [5.74, 6) is 0.597. The molecular weight excluding hydrogens is 534 g/mol. The molecule has 3 atom stereocenters. The van der Waals surface area contributed by atoms with E-state index >= 15 is 0 Å². The Kier molecular flexibility index (Phi) is 7.29. The number of carbonyl (C=O) groups is 2. The summed E-state index contributed by atoms with van der Waals surface area (Å²) < 4.78 is 2.51. The van der Waals surface area contributed by atoms with E-state index in [1.807, 2.05) is 4.90 Å². The van der Waals surface area contributed by atoms with E-state index in [1.54, 1.807) is 24.3 Å². The van der Waals surface area contributed by atoms with Crippen molar-refractivity contribution < 1.29 is 9.59 Å². The maximum Gasteiger partial charge on any atom is 0.253 e. The van der Waals surface area contributed by atoms with Gasteiger partial charge in [-0.15, -0.1) is 0 Å². The van der Waals surface area contributed by atoms with Gasteiger partial charge in [-0.25, -0.2) is 4.98 Å². The van der Waals surface area contributed by atoms with E-state index in [2.05, 4.69) is 71.0 Å². The Morgan fingerprint density at radius 3 is 2.26 bits per heavy atom. The minimum absolute atomic E-state index is 0.0211. The number of hydrogen-bond acceptors (Lipinski definition) is 4. The van der Waals surface area contributed by atoms with Crippen LogP contribution in [0.3, 0.4) is 0 Å². The largest absolute Gasteiger partial charge is 0.366 e. The number of hydrogen-bond donors (Lipinski definition) is 1. The van der Waals surface area contributed by atoms with E-state index in [4.69, 9.17) is 10.7 Å². The van der Waals surface area contributed by atoms with Gasteiger partial charge in [0, 0.05) is 42.3 Å². The van der Waals surface area contributed by atoms with Crippen LogP contribution in [0.4, 0.5) is 0 Å². The second kappa shape index (κ2) is 11.3. The van der Waals surface area contributed by atoms with Crippen molar-refractivity contribution in [3.05, 3.63) is 101 Å². The third kappa shape index (κ3) is 5.14. The number of imidazole rings is 1. The maximum atomic E-state index is 13.4. The second-order valence-corrected chi connectivity index (χ2v) is 12.9. The van der Waals surface area contributed by atoms with Gasteiger partial charge in [0.1, 0.15) is 5.82 Å². The van der Waals surface area contributed by atoms with E-state index in [9.17, 15) is 9.59 Å². The smallest absolute Gasteiger partial charge is 0.253 e. The lowest BCUT2D eigenvalue weighted by Crippen LogP contribution is -2.49. The van der Waals surface area contributed by atoms with Crippen LogP contribution >= 0.6 is 0 Å². The van der Waals surface area contributed by atoms with Crippen molar-refractivity contribution in [1.82, 2.24) is 19.4 Å². The Hall–Kier alpha value is -3.97. The summed E-state index contributed by atoms with van der Waals surface area (Å²) in [6, 6.07) is 28.0. The molecule has 2 N–H and O–H groups in total. The Labute approximate surface area is 253 Å². The SMILES string of the molecule is Cc1nc2ccccc2n1[C@H]1C[C@H]2CC[C@@H](C1)N2CCC1(c2ccccc2)CCN(C(=O)c2cccc(C(N)=O)c2)CC1. The standard InChI is InChI=1S/C36H41N5O2/c1-25-38-32-12-5-6-13-33(32)41(25)31-23-29-14-15-30(24-31)40(29)21-18-36(28-10-3-2-4-11-28)16-19-39(20-17-36)35(43)27-9-7-8-26(22-27)34(37)42/h2-13,22,29-31H,14-21,23-24H2,1H3,(H2,37,42)/t29-,30+,31+. The normalized spacial score (nSPS) is 23.5. The van der Waals surface area contributed by atoms with Crippen LogP contribution in [0, 0.1) is 6.92 Å². The van der Waals surface area contributed by atoms with Gasteiger partial charge in [0.25, 0.3) is 5.91 Å². The van der Waals surface area contributed by atoms with Gasteiger partial charge < -0.3 is 15.2 Å². The topological polar surface area (TPSA) is 84.5 Å². The number of rotatable bonds is 7. The first-order valence-electron chi connectivity index (χ1n) is 15.9. The van der Waals surface area contributed by atoms with Crippen molar-refractivity contribution >= 4 is 22.8 Å². The molecule has 7 heteroatoms. The molecule has 2 bridgehead atoms. The summed E-state index contributed by atoms with van der Waals surface area (Å²) in [4.78, 5) is 34.7. The average Bonchev–Trinajstić information content (AvgIpc) is 3.50. The number of para-hydroxylation sites is 2. The van der Waals surface area contributed by atoms with Crippen molar-refractivity contribution in [2.45, 2.75) is 75.4 Å². The molecular formula is C36H41N5O2.